The predicted octanol–water partition coefficient (Wildman–Crippen LogP) is 4.76. The van der Waals surface area contributed by atoms with E-state index in [0.29, 0.717) is 23.2 Å². The number of nitrogens with one attached hydrogen (secondary N) is 1. The number of rotatable bonds is 5. The number of aliphatic imine (C=N–C) groups is 1. The lowest BCUT2D eigenvalue weighted by Gasteiger charge is -2.14. The third kappa shape index (κ3) is 3.61. The summed E-state index contributed by atoms with van der Waals surface area (Å²) in [4.78, 5) is 25.1. The lowest BCUT2D eigenvalue weighted by atomic mass is 10.1. The van der Waals surface area contributed by atoms with E-state index >= 15 is 0 Å². The number of benzene rings is 2. The number of aromatic amines is 1. The zero-order chi connectivity index (χ0) is 23.7. The first kappa shape index (κ1) is 21.2. The van der Waals surface area contributed by atoms with Gasteiger partial charge in [0, 0.05) is 41.4 Å². The Bertz CT molecular complexity index is 1670. The summed E-state index contributed by atoms with van der Waals surface area (Å²) in [6.07, 6.45) is 5.64. The topological polar surface area (TPSA) is 107 Å². The van der Waals surface area contributed by atoms with Crippen LogP contribution in [0.5, 0.6) is 5.88 Å². The summed E-state index contributed by atoms with van der Waals surface area (Å²) in [5.41, 5.74) is 3.75. The van der Waals surface area contributed by atoms with Crippen molar-refractivity contribution in [3.8, 4) is 11.9 Å². The molecule has 2 aromatic carbocycles. The fourth-order valence-corrected chi connectivity index (χ4v) is 4.24. The van der Waals surface area contributed by atoms with Gasteiger partial charge >= 0.3 is 0 Å². The van der Waals surface area contributed by atoms with Gasteiger partial charge in [0.05, 0.1) is 16.8 Å². The Kier molecular flexibility index (Phi) is 5.40. The zero-order valence-corrected chi connectivity index (χ0v) is 18.5. The van der Waals surface area contributed by atoms with Crippen molar-refractivity contribution in [3.05, 3.63) is 99.6 Å². The summed E-state index contributed by atoms with van der Waals surface area (Å²) in [6, 6.07) is 19.3. The molecular formula is C27H21N5O2. The van der Waals surface area contributed by atoms with E-state index in [9.17, 15) is 15.2 Å². The van der Waals surface area contributed by atoms with Crippen LogP contribution in [0.4, 0.5) is 5.69 Å². The number of nitriles is 1. The van der Waals surface area contributed by atoms with Gasteiger partial charge in [0.15, 0.2) is 0 Å². The first-order valence-electron chi connectivity index (χ1n) is 10.9. The number of H-pyrrole nitrogens is 1. The summed E-state index contributed by atoms with van der Waals surface area (Å²) in [5, 5.41) is 22.6. The number of fused-ring (bicyclic) bond motifs is 2. The summed E-state index contributed by atoms with van der Waals surface area (Å²) in [7, 11) is 0. The highest BCUT2D eigenvalue weighted by Crippen LogP contribution is 2.26. The van der Waals surface area contributed by atoms with Gasteiger partial charge in [-0.3, -0.25) is 19.3 Å². The second-order valence-corrected chi connectivity index (χ2v) is 8.02. The van der Waals surface area contributed by atoms with Gasteiger partial charge in [-0.15, -0.1) is 0 Å². The Hall–Kier alpha value is -4.70. The minimum Gasteiger partial charge on any atom is -0.494 e. The van der Waals surface area contributed by atoms with E-state index in [0.717, 1.165) is 27.4 Å². The molecule has 0 bridgehead atoms. The van der Waals surface area contributed by atoms with Crippen LogP contribution in [-0.2, 0) is 13.0 Å². The number of hydrogen-bond acceptors (Lipinski definition) is 5. The highest BCUT2D eigenvalue weighted by molar-refractivity contribution is 5.94. The van der Waals surface area contributed by atoms with E-state index in [-0.39, 0.29) is 18.0 Å². The third-order valence-corrected chi connectivity index (χ3v) is 6.08. The first-order valence-corrected chi connectivity index (χ1v) is 10.9. The number of hydrogen-bond donors (Lipinski definition) is 2. The molecule has 3 heterocycles. The molecule has 0 atom stereocenters. The summed E-state index contributed by atoms with van der Waals surface area (Å²) in [6.45, 7) is 1.87. The van der Waals surface area contributed by atoms with Crippen molar-refractivity contribution >= 4 is 33.7 Å². The van der Waals surface area contributed by atoms with E-state index in [4.69, 9.17) is 0 Å². The molecule has 7 nitrogen and oxygen atoms in total. The molecule has 0 aliphatic carbocycles. The van der Waals surface area contributed by atoms with Crippen LogP contribution in [0, 0.1) is 18.3 Å². The van der Waals surface area contributed by atoms with Crippen molar-refractivity contribution in [3.63, 3.8) is 0 Å². The maximum absolute atomic E-state index is 13.0. The van der Waals surface area contributed by atoms with Crippen molar-refractivity contribution in [2.45, 2.75) is 19.9 Å². The molecule has 0 saturated heterocycles. The molecule has 0 fully saturated rings. The molecule has 2 N–H and O–H groups in total. The molecule has 0 amide bonds. The van der Waals surface area contributed by atoms with E-state index < -0.39 is 5.56 Å². The first-order chi connectivity index (χ1) is 16.6. The van der Waals surface area contributed by atoms with Gasteiger partial charge in [0.2, 0.25) is 5.88 Å². The smallest absolute Gasteiger partial charge is 0.271 e. The van der Waals surface area contributed by atoms with Crippen LogP contribution in [-0.4, -0.2) is 25.9 Å². The molecule has 5 aromatic rings. The average molecular weight is 447 g/mol. The number of para-hydroxylation sites is 1. The van der Waals surface area contributed by atoms with E-state index in [1.165, 1.54) is 10.8 Å². The maximum atomic E-state index is 13.0. The number of nitrogens with zero attached hydrogens (tertiary/aromatic N) is 4. The molecule has 166 valence electrons. The van der Waals surface area contributed by atoms with Gasteiger partial charge in [-0.05, 0) is 54.8 Å². The van der Waals surface area contributed by atoms with Crippen molar-refractivity contribution in [2.24, 2.45) is 4.99 Å². The highest BCUT2D eigenvalue weighted by atomic mass is 16.3. The van der Waals surface area contributed by atoms with Gasteiger partial charge < -0.3 is 10.1 Å². The summed E-state index contributed by atoms with van der Waals surface area (Å²) in [5.74, 6) is -0.205. The standard InChI is InChI=1S/C27H21N5O2/c1-17-21(14-28)26(33)32(13-11-18-15-30-23-8-3-2-6-19(18)23)27(34)22(17)16-31-25-10-4-9-24-20(25)7-5-12-29-24/h2-10,12,15-16,30,34H,11,13H2,1H3. The molecule has 3 aromatic heterocycles. The van der Waals surface area contributed by atoms with Gasteiger partial charge in [-0.1, -0.05) is 24.3 Å². The minimum absolute atomic E-state index is 0.00207. The normalized spacial score (nSPS) is 11.4. The predicted molar refractivity (Wildman–Crippen MR) is 133 cm³/mol. The second-order valence-electron chi connectivity index (χ2n) is 8.02. The Labute approximate surface area is 195 Å². The summed E-state index contributed by atoms with van der Waals surface area (Å²) >= 11 is 0. The van der Waals surface area contributed by atoms with Crippen molar-refractivity contribution in [1.82, 2.24) is 14.5 Å². The average Bonchev–Trinajstić information content (AvgIpc) is 3.27. The van der Waals surface area contributed by atoms with E-state index in [2.05, 4.69) is 15.0 Å². The maximum Gasteiger partial charge on any atom is 0.271 e. The van der Waals surface area contributed by atoms with Gasteiger partial charge in [0.25, 0.3) is 5.56 Å². The molecule has 0 spiro atoms. The van der Waals surface area contributed by atoms with Gasteiger partial charge in [-0.25, -0.2) is 0 Å². The monoisotopic (exact) mass is 447 g/mol. The lowest BCUT2D eigenvalue weighted by Crippen LogP contribution is -2.26. The molecule has 5 rings (SSSR count). The van der Waals surface area contributed by atoms with Crippen LogP contribution in [0.25, 0.3) is 21.8 Å². The molecule has 0 saturated carbocycles. The quantitative estimate of drug-likeness (QED) is 0.379. The van der Waals surface area contributed by atoms with Crippen LogP contribution >= 0.6 is 0 Å². The Morgan fingerprint density at radius 1 is 1.15 bits per heavy atom. The van der Waals surface area contributed by atoms with Crippen molar-refractivity contribution < 1.29 is 5.11 Å². The molecule has 0 unspecified atom stereocenters. The van der Waals surface area contributed by atoms with Crippen LogP contribution in [0.15, 0.2) is 76.8 Å². The second kappa shape index (κ2) is 8.68. The number of aromatic nitrogens is 3. The fourth-order valence-electron chi connectivity index (χ4n) is 4.24. The fraction of sp³-hybridized carbons (Fsp3) is 0.111. The van der Waals surface area contributed by atoms with Crippen LogP contribution < -0.4 is 5.56 Å². The lowest BCUT2D eigenvalue weighted by molar-refractivity contribution is 0.404. The third-order valence-electron chi connectivity index (χ3n) is 6.08. The summed E-state index contributed by atoms with van der Waals surface area (Å²) < 4.78 is 1.25. The molecule has 0 radical (unpaired) electrons. The number of pyridine rings is 2. The van der Waals surface area contributed by atoms with Gasteiger partial charge in [0.1, 0.15) is 11.6 Å². The largest absolute Gasteiger partial charge is 0.494 e. The Balaban J connectivity index is 1.55. The van der Waals surface area contributed by atoms with Crippen LogP contribution in [0.1, 0.15) is 22.3 Å². The molecule has 34 heavy (non-hydrogen) atoms. The van der Waals surface area contributed by atoms with Crippen molar-refractivity contribution in [1.29, 1.82) is 5.26 Å². The van der Waals surface area contributed by atoms with Gasteiger partial charge in [-0.2, -0.15) is 5.26 Å². The number of aromatic hydroxyl groups is 1. The van der Waals surface area contributed by atoms with Crippen LogP contribution in [0.2, 0.25) is 0 Å². The SMILES string of the molecule is Cc1c(C=Nc2cccc3ncccc23)c(O)n(CCc2c[nH]c3ccccc23)c(=O)c1C#N. The van der Waals surface area contributed by atoms with E-state index in [1.54, 1.807) is 13.1 Å². The van der Waals surface area contributed by atoms with E-state index in [1.807, 2.05) is 66.9 Å². The number of aryl methyl sites for hydroxylation is 1. The molecule has 7 heteroatoms. The zero-order valence-electron chi connectivity index (χ0n) is 18.5. The molecule has 0 aliphatic rings. The molecule has 0 aliphatic heterocycles. The minimum atomic E-state index is -0.510. The Morgan fingerprint density at radius 3 is 2.82 bits per heavy atom. The van der Waals surface area contributed by atoms with Crippen molar-refractivity contribution in [2.75, 3.05) is 0 Å². The highest BCUT2D eigenvalue weighted by Gasteiger charge is 2.18. The van der Waals surface area contributed by atoms with Crippen LogP contribution in [0.3, 0.4) is 0 Å². The molecular weight excluding hydrogens is 426 g/mol. The Morgan fingerprint density at radius 2 is 1.97 bits per heavy atom.